The van der Waals surface area contributed by atoms with Crippen LogP contribution in [0.4, 0.5) is 0 Å². The monoisotopic (exact) mass is 226 g/mol. The molecule has 3 atom stereocenters. The Kier molecular flexibility index (Phi) is 3.57. The van der Waals surface area contributed by atoms with Gasteiger partial charge >= 0.3 is 0 Å². The van der Waals surface area contributed by atoms with Crippen LogP contribution in [0.5, 0.6) is 0 Å². The summed E-state index contributed by atoms with van der Waals surface area (Å²) < 4.78 is 5.96. The van der Waals surface area contributed by atoms with Gasteiger partial charge in [-0.15, -0.1) is 0 Å². The first-order valence-electron chi connectivity index (χ1n) is 6.59. The number of morpholine rings is 1. The lowest BCUT2D eigenvalue weighted by molar-refractivity contribution is -0.140. The molecule has 0 bridgehead atoms. The number of ether oxygens (including phenoxy) is 1. The Morgan fingerprint density at radius 2 is 2.00 bits per heavy atom. The van der Waals surface area contributed by atoms with Crippen LogP contribution < -0.4 is 5.32 Å². The van der Waals surface area contributed by atoms with Crippen molar-refractivity contribution < 1.29 is 4.74 Å². The van der Waals surface area contributed by atoms with Crippen LogP contribution in [0.25, 0.3) is 0 Å². The largest absolute Gasteiger partial charge is 0.370 e. The van der Waals surface area contributed by atoms with Crippen LogP contribution >= 0.6 is 0 Å². The zero-order valence-corrected chi connectivity index (χ0v) is 11.1. The van der Waals surface area contributed by atoms with E-state index in [1.807, 2.05) is 0 Å². The SMILES string of the molecule is CC1CNCC(N2CC(C)OC(C)(C)C2)C1. The average Bonchev–Trinajstić information content (AvgIpc) is 2.14. The highest BCUT2D eigenvalue weighted by molar-refractivity contribution is 4.89. The Morgan fingerprint density at radius 1 is 1.25 bits per heavy atom. The topological polar surface area (TPSA) is 24.5 Å². The summed E-state index contributed by atoms with van der Waals surface area (Å²) in [5, 5.41) is 3.54. The number of hydrogen-bond donors (Lipinski definition) is 1. The summed E-state index contributed by atoms with van der Waals surface area (Å²) in [6.45, 7) is 13.4. The molecule has 0 amide bonds. The Labute approximate surface area is 99.5 Å². The van der Waals surface area contributed by atoms with E-state index in [2.05, 4.69) is 37.9 Å². The summed E-state index contributed by atoms with van der Waals surface area (Å²) in [6, 6.07) is 0.703. The minimum absolute atomic E-state index is 0.0123. The molecule has 2 heterocycles. The highest BCUT2D eigenvalue weighted by Gasteiger charge is 2.35. The van der Waals surface area contributed by atoms with Crippen LogP contribution in [0, 0.1) is 5.92 Å². The number of rotatable bonds is 1. The number of hydrogen-bond acceptors (Lipinski definition) is 3. The third kappa shape index (κ3) is 2.96. The molecule has 2 fully saturated rings. The Morgan fingerprint density at radius 3 is 2.62 bits per heavy atom. The molecule has 0 spiro atoms. The Bertz CT molecular complexity index is 242. The van der Waals surface area contributed by atoms with Gasteiger partial charge in [0.1, 0.15) is 0 Å². The molecule has 3 nitrogen and oxygen atoms in total. The van der Waals surface area contributed by atoms with Crippen molar-refractivity contribution in [2.45, 2.75) is 51.9 Å². The van der Waals surface area contributed by atoms with E-state index in [4.69, 9.17) is 4.74 Å². The van der Waals surface area contributed by atoms with Crippen LogP contribution in [0.15, 0.2) is 0 Å². The van der Waals surface area contributed by atoms with E-state index in [9.17, 15) is 0 Å². The third-order valence-corrected chi connectivity index (χ3v) is 3.66. The smallest absolute Gasteiger partial charge is 0.0757 e. The first kappa shape index (κ1) is 12.3. The van der Waals surface area contributed by atoms with Crippen LogP contribution in [0.3, 0.4) is 0 Å². The van der Waals surface area contributed by atoms with Crippen molar-refractivity contribution in [1.29, 1.82) is 0 Å². The maximum absolute atomic E-state index is 5.96. The highest BCUT2D eigenvalue weighted by Crippen LogP contribution is 2.25. The molecule has 2 aliphatic heterocycles. The van der Waals surface area contributed by atoms with Gasteiger partial charge in [0.2, 0.25) is 0 Å². The molecule has 3 heteroatoms. The second-order valence-electron chi connectivity index (χ2n) is 6.27. The molecule has 0 aromatic carbocycles. The molecule has 16 heavy (non-hydrogen) atoms. The predicted octanol–water partition coefficient (Wildman–Crippen LogP) is 1.48. The van der Waals surface area contributed by atoms with Gasteiger partial charge in [0.25, 0.3) is 0 Å². The van der Waals surface area contributed by atoms with Crippen molar-refractivity contribution in [2.75, 3.05) is 26.2 Å². The second-order valence-corrected chi connectivity index (χ2v) is 6.27. The van der Waals surface area contributed by atoms with Gasteiger partial charge in [-0.25, -0.2) is 0 Å². The van der Waals surface area contributed by atoms with Crippen LogP contribution in [0.1, 0.15) is 34.1 Å². The lowest BCUT2D eigenvalue weighted by Gasteiger charge is -2.47. The second kappa shape index (κ2) is 4.63. The molecule has 2 saturated heterocycles. The quantitative estimate of drug-likeness (QED) is 0.733. The number of nitrogens with zero attached hydrogens (tertiary/aromatic N) is 1. The van der Waals surface area contributed by atoms with Gasteiger partial charge in [-0.3, -0.25) is 4.90 Å². The van der Waals surface area contributed by atoms with E-state index in [0.717, 1.165) is 25.6 Å². The fourth-order valence-corrected chi connectivity index (χ4v) is 3.19. The van der Waals surface area contributed by atoms with Gasteiger partial charge in [-0.2, -0.15) is 0 Å². The van der Waals surface area contributed by atoms with Crippen LogP contribution in [-0.2, 0) is 4.74 Å². The minimum atomic E-state index is 0.0123. The van der Waals surface area contributed by atoms with E-state index >= 15 is 0 Å². The van der Waals surface area contributed by atoms with Gasteiger partial charge in [0.05, 0.1) is 11.7 Å². The molecular weight excluding hydrogens is 200 g/mol. The van der Waals surface area contributed by atoms with Crippen molar-refractivity contribution in [3.8, 4) is 0 Å². The summed E-state index contributed by atoms with van der Waals surface area (Å²) in [5.74, 6) is 0.806. The molecular formula is C13H26N2O. The molecule has 0 aromatic heterocycles. The molecule has 1 N–H and O–H groups in total. The summed E-state index contributed by atoms with van der Waals surface area (Å²) >= 11 is 0. The van der Waals surface area contributed by atoms with Gasteiger partial charge in [-0.1, -0.05) is 6.92 Å². The third-order valence-electron chi connectivity index (χ3n) is 3.66. The summed E-state index contributed by atoms with van der Waals surface area (Å²) in [5.41, 5.74) is 0.0123. The molecule has 94 valence electrons. The standard InChI is InChI=1S/C13H26N2O/c1-10-5-12(7-14-6-10)15-8-11(2)16-13(3,4)9-15/h10-12,14H,5-9H2,1-4H3. The average molecular weight is 226 g/mol. The van der Waals surface area contributed by atoms with E-state index in [1.54, 1.807) is 0 Å². The molecule has 0 radical (unpaired) electrons. The number of nitrogens with one attached hydrogen (secondary N) is 1. The first-order chi connectivity index (χ1) is 7.46. The highest BCUT2D eigenvalue weighted by atomic mass is 16.5. The number of piperidine rings is 1. The molecule has 2 rings (SSSR count). The van der Waals surface area contributed by atoms with Crippen molar-refractivity contribution in [1.82, 2.24) is 10.2 Å². The molecule has 3 unspecified atom stereocenters. The van der Waals surface area contributed by atoms with Crippen molar-refractivity contribution in [3.63, 3.8) is 0 Å². The van der Waals surface area contributed by atoms with E-state index in [-0.39, 0.29) is 5.60 Å². The Hall–Kier alpha value is -0.120. The lowest BCUT2D eigenvalue weighted by Crippen LogP contribution is -2.58. The first-order valence-corrected chi connectivity index (χ1v) is 6.59. The fourth-order valence-electron chi connectivity index (χ4n) is 3.19. The predicted molar refractivity (Wildman–Crippen MR) is 66.6 cm³/mol. The van der Waals surface area contributed by atoms with Crippen molar-refractivity contribution in [3.05, 3.63) is 0 Å². The minimum Gasteiger partial charge on any atom is -0.370 e. The summed E-state index contributed by atoms with van der Waals surface area (Å²) in [7, 11) is 0. The fraction of sp³-hybridized carbons (Fsp3) is 1.00. The molecule has 0 saturated carbocycles. The maximum atomic E-state index is 5.96. The van der Waals surface area contributed by atoms with E-state index in [0.29, 0.717) is 12.1 Å². The van der Waals surface area contributed by atoms with Gasteiger partial charge in [0.15, 0.2) is 0 Å². The zero-order valence-electron chi connectivity index (χ0n) is 11.1. The van der Waals surface area contributed by atoms with Gasteiger partial charge < -0.3 is 10.1 Å². The zero-order chi connectivity index (χ0) is 11.8. The molecule has 0 aliphatic carbocycles. The summed E-state index contributed by atoms with van der Waals surface area (Å²) in [4.78, 5) is 2.62. The van der Waals surface area contributed by atoms with E-state index < -0.39 is 0 Å². The van der Waals surface area contributed by atoms with Gasteiger partial charge in [-0.05, 0) is 39.7 Å². The van der Waals surface area contributed by atoms with Crippen molar-refractivity contribution in [2.24, 2.45) is 5.92 Å². The Balaban J connectivity index is 1.97. The van der Waals surface area contributed by atoms with Crippen LogP contribution in [0.2, 0.25) is 0 Å². The summed E-state index contributed by atoms with van der Waals surface area (Å²) in [6.07, 6.45) is 1.69. The molecule has 2 aliphatic rings. The normalized spacial score (nSPS) is 40.9. The lowest BCUT2D eigenvalue weighted by atomic mass is 9.94. The molecule has 0 aromatic rings. The maximum Gasteiger partial charge on any atom is 0.0757 e. The van der Waals surface area contributed by atoms with Crippen LogP contribution in [-0.4, -0.2) is 48.8 Å². The van der Waals surface area contributed by atoms with Crippen molar-refractivity contribution >= 4 is 0 Å². The van der Waals surface area contributed by atoms with Gasteiger partial charge in [0, 0.05) is 25.7 Å². The van der Waals surface area contributed by atoms with E-state index in [1.165, 1.54) is 13.0 Å².